The number of carboxylic acids is 2. The summed E-state index contributed by atoms with van der Waals surface area (Å²) >= 11 is 0. The van der Waals surface area contributed by atoms with Crippen LogP contribution in [0.2, 0.25) is 0 Å². The van der Waals surface area contributed by atoms with Crippen LogP contribution in [0.4, 0.5) is 5.95 Å². The highest BCUT2D eigenvalue weighted by Gasteiger charge is 2.42. The van der Waals surface area contributed by atoms with Gasteiger partial charge in [-0.25, -0.2) is 9.78 Å². The quantitative estimate of drug-likeness (QED) is 0.140. The second-order valence-corrected chi connectivity index (χ2v) is 12.4. The zero-order chi connectivity index (χ0) is 36.7. The number of hydrogen-bond acceptors (Lipinski definition) is 10. The summed E-state index contributed by atoms with van der Waals surface area (Å²) < 4.78 is 8.83. The molecule has 3 heterocycles. The number of aryl methyl sites for hydroxylation is 2. The number of anilines is 1. The second-order valence-electron chi connectivity index (χ2n) is 12.4. The van der Waals surface area contributed by atoms with Crippen molar-refractivity contribution in [2.24, 2.45) is 7.05 Å². The van der Waals surface area contributed by atoms with Crippen molar-refractivity contribution in [3.63, 3.8) is 0 Å². The molecule has 2 amide bonds. The Morgan fingerprint density at radius 2 is 1.73 bits per heavy atom. The van der Waals surface area contributed by atoms with Crippen LogP contribution in [0.25, 0.3) is 16.8 Å². The Morgan fingerprint density at radius 3 is 2.41 bits per heavy atom. The molecule has 1 saturated heterocycles. The number of amides is 2. The Kier molecular flexibility index (Phi) is 11.3. The number of esters is 1. The SMILES string of the molecule is CN1CCN(C(=O)CCCc2cn(-c3ccccc3)c(NC(=O)c3cccc(-c4cnn(C)c4)c3)n2)CC1OC(=O)CC(O)(CC(=O)O)C(=O)O. The molecule has 51 heavy (non-hydrogen) atoms. The van der Waals surface area contributed by atoms with Crippen molar-refractivity contribution >= 4 is 35.7 Å². The third-order valence-corrected chi connectivity index (χ3v) is 8.49. The molecule has 4 N–H and O–H groups in total. The maximum absolute atomic E-state index is 13.4. The van der Waals surface area contributed by atoms with Crippen LogP contribution in [-0.2, 0) is 37.4 Å². The number of nitrogens with zero attached hydrogens (tertiary/aromatic N) is 6. The first kappa shape index (κ1) is 36.4. The van der Waals surface area contributed by atoms with Crippen molar-refractivity contribution in [1.29, 1.82) is 0 Å². The number of piperazine rings is 1. The summed E-state index contributed by atoms with van der Waals surface area (Å²) in [7, 11) is 3.49. The van der Waals surface area contributed by atoms with Gasteiger partial charge in [0.1, 0.15) is 0 Å². The van der Waals surface area contributed by atoms with Gasteiger partial charge in [-0.05, 0) is 49.7 Å². The van der Waals surface area contributed by atoms with Crippen molar-refractivity contribution in [3.8, 4) is 16.8 Å². The molecule has 4 aromatic rings. The fourth-order valence-electron chi connectivity index (χ4n) is 5.68. The first-order valence-electron chi connectivity index (χ1n) is 16.2. The number of ether oxygens (including phenoxy) is 1. The molecule has 5 rings (SSSR count). The third-order valence-electron chi connectivity index (χ3n) is 8.49. The van der Waals surface area contributed by atoms with Crippen LogP contribution in [0.15, 0.2) is 73.2 Å². The molecule has 268 valence electrons. The number of carbonyl (C=O) groups excluding carboxylic acids is 3. The molecule has 0 bridgehead atoms. The zero-order valence-electron chi connectivity index (χ0n) is 28.1. The summed E-state index contributed by atoms with van der Waals surface area (Å²) in [6, 6.07) is 16.6. The number of hydrogen-bond donors (Lipinski definition) is 4. The number of aliphatic hydroxyl groups is 1. The van der Waals surface area contributed by atoms with Crippen LogP contribution in [0.3, 0.4) is 0 Å². The number of likely N-dealkylation sites (N-methyl/N-ethyl adjacent to an activating group) is 1. The van der Waals surface area contributed by atoms with E-state index in [9.17, 15) is 34.2 Å². The Balaban J connectivity index is 1.20. The predicted molar refractivity (Wildman–Crippen MR) is 182 cm³/mol. The molecule has 2 unspecified atom stereocenters. The van der Waals surface area contributed by atoms with Gasteiger partial charge in [0, 0.05) is 55.8 Å². The van der Waals surface area contributed by atoms with Crippen molar-refractivity contribution in [2.45, 2.75) is 43.9 Å². The van der Waals surface area contributed by atoms with Gasteiger partial charge in [0.2, 0.25) is 11.9 Å². The Labute approximate surface area is 292 Å². The smallest absolute Gasteiger partial charge is 0.336 e. The highest BCUT2D eigenvalue weighted by Crippen LogP contribution is 2.23. The average molecular weight is 702 g/mol. The molecule has 2 aromatic carbocycles. The van der Waals surface area contributed by atoms with Gasteiger partial charge in [-0.2, -0.15) is 5.10 Å². The summed E-state index contributed by atoms with van der Waals surface area (Å²) in [5, 5.41) is 35.5. The maximum Gasteiger partial charge on any atom is 0.336 e. The average Bonchev–Trinajstić information content (AvgIpc) is 3.71. The molecule has 1 aliphatic rings. The van der Waals surface area contributed by atoms with Crippen LogP contribution in [0.5, 0.6) is 0 Å². The van der Waals surface area contributed by atoms with Crippen LogP contribution < -0.4 is 5.32 Å². The van der Waals surface area contributed by atoms with E-state index >= 15 is 0 Å². The minimum atomic E-state index is -2.83. The lowest BCUT2D eigenvalue weighted by Gasteiger charge is -2.39. The molecule has 0 saturated carbocycles. The molecule has 0 radical (unpaired) electrons. The highest BCUT2D eigenvalue weighted by molar-refractivity contribution is 6.04. The van der Waals surface area contributed by atoms with E-state index in [4.69, 9.17) is 9.84 Å². The largest absolute Gasteiger partial charge is 0.481 e. The fraction of sp³-hybridized carbons (Fsp3) is 0.343. The third kappa shape index (κ3) is 9.23. The van der Waals surface area contributed by atoms with E-state index in [1.807, 2.05) is 55.8 Å². The molecule has 2 aromatic heterocycles. The van der Waals surface area contributed by atoms with E-state index in [0.717, 1.165) is 16.8 Å². The molecule has 16 nitrogen and oxygen atoms in total. The first-order valence-corrected chi connectivity index (χ1v) is 16.2. The number of nitrogens with one attached hydrogen (secondary N) is 1. The van der Waals surface area contributed by atoms with Crippen molar-refractivity contribution in [1.82, 2.24) is 29.1 Å². The number of imidazole rings is 1. The van der Waals surface area contributed by atoms with Crippen molar-refractivity contribution < 1.29 is 44.0 Å². The summed E-state index contributed by atoms with van der Waals surface area (Å²) in [4.78, 5) is 69.4. The predicted octanol–water partition coefficient (Wildman–Crippen LogP) is 2.17. The van der Waals surface area contributed by atoms with Crippen LogP contribution in [0, 0.1) is 0 Å². The number of para-hydroxylation sites is 1. The summed E-state index contributed by atoms with van der Waals surface area (Å²) in [5.41, 5.74) is 0.786. The molecule has 2 atom stereocenters. The summed E-state index contributed by atoms with van der Waals surface area (Å²) in [5.74, 6) is -4.77. The van der Waals surface area contributed by atoms with Gasteiger partial charge in [0.05, 0.1) is 31.3 Å². The van der Waals surface area contributed by atoms with Gasteiger partial charge >= 0.3 is 17.9 Å². The van der Waals surface area contributed by atoms with Gasteiger partial charge in [-0.1, -0.05) is 30.3 Å². The molecule has 0 aliphatic carbocycles. The van der Waals surface area contributed by atoms with Gasteiger partial charge in [0.15, 0.2) is 11.8 Å². The fourth-order valence-corrected chi connectivity index (χ4v) is 5.68. The van der Waals surface area contributed by atoms with Gasteiger partial charge in [-0.3, -0.25) is 38.6 Å². The van der Waals surface area contributed by atoms with Gasteiger partial charge < -0.3 is 25.0 Å². The number of benzene rings is 2. The lowest BCUT2D eigenvalue weighted by molar-refractivity contribution is -0.180. The maximum atomic E-state index is 13.4. The summed E-state index contributed by atoms with van der Waals surface area (Å²) in [6.45, 7) is 0.728. The molecular weight excluding hydrogens is 662 g/mol. The molecular formula is C35H39N7O9. The number of aliphatic carboxylic acids is 2. The lowest BCUT2D eigenvalue weighted by Crippen LogP contribution is -2.55. The normalized spacial score (nSPS) is 15.9. The topological polar surface area (TPSA) is 209 Å². The molecule has 16 heteroatoms. The van der Waals surface area contributed by atoms with Crippen molar-refractivity contribution in [3.05, 3.63) is 84.4 Å². The van der Waals surface area contributed by atoms with E-state index in [1.165, 1.54) is 4.90 Å². The van der Waals surface area contributed by atoms with Gasteiger partial charge in [0.25, 0.3) is 5.91 Å². The highest BCUT2D eigenvalue weighted by atomic mass is 16.6. The zero-order valence-corrected chi connectivity index (χ0v) is 28.1. The first-order chi connectivity index (χ1) is 24.3. The van der Waals surface area contributed by atoms with Crippen molar-refractivity contribution in [2.75, 3.05) is 32.0 Å². The number of carbonyl (C=O) groups is 5. The van der Waals surface area contributed by atoms with E-state index in [0.29, 0.717) is 43.1 Å². The minimum absolute atomic E-state index is 0.00625. The molecule has 1 fully saturated rings. The molecule has 1 aliphatic heterocycles. The van der Waals surface area contributed by atoms with E-state index in [-0.39, 0.29) is 24.8 Å². The minimum Gasteiger partial charge on any atom is -0.481 e. The standard InChI is InChI=1S/C35H39N7O9/c1-39-14-15-41(22-29(39)51-31(46)18-35(50,33(48)49)17-30(44)45)28(43)13-7-10-26-21-42(27-11-4-3-5-12-27)34(37-26)38-32(47)24-9-6-8-23(16-24)25-19-36-40(2)20-25/h3-6,8-9,11-12,16,19-21,29,50H,7,10,13-15,17-18,22H2,1-2H3,(H,44,45)(H,48,49)(H,37,38,47). The number of rotatable bonds is 14. The Hall–Kier alpha value is -5.87. The second kappa shape index (κ2) is 15.8. The monoisotopic (exact) mass is 701 g/mol. The van der Waals surface area contributed by atoms with E-state index < -0.39 is 42.6 Å². The van der Waals surface area contributed by atoms with Crippen LogP contribution >= 0.6 is 0 Å². The Morgan fingerprint density at radius 1 is 0.961 bits per heavy atom. The Bertz CT molecular complexity index is 1910. The lowest BCUT2D eigenvalue weighted by atomic mass is 9.96. The van der Waals surface area contributed by atoms with E-state index in [2.05, 4.69) is 15.4 Å². The number of carboxylic acid groups (broad SMARTS) is 2. The van der Waals surface area contributed by atoms with E-state index in [1.54, 1.807) is 45.6 Å². The van der Waals surface area contributed by atoms with Crippen LogP contribution in [0.1, 0.15) is 41.7 Å². The molecule has 0 spiro atoms. The summed E-state index contributed by atoms with van der Waals surface area (Å²) in [6.07, 6.45) is 3.25. The van der Waals surface area contributed by atoms with Crippen LogP contribution in [-0.4, -0.2) is 113 Å². The van der Waals surface area contributed by atoms with Gasteiger partial charge in [-0.15, -0.1) is 0 Å². The number of aromatic nitrogens is 4.